The largest absolute Gasteiger partial charge is 0.399 e. The van der Waals surface area contributed by atoms with Crippen molar-refractivity contribution in [2.45, 2.75) is 6.42 Å². The van der Waals surface area contributed by atoms with E-state index in [4.69, 9.17) is 5.73 Å². The molecule has 104 valence electrons. The third kappa shape index (κ3) is 3.00. The summed E-state index contributed by atoms with van der Waals surface area (Å²) in [6.45, 7) is 0. The molecule has 0 spiro atoms. The van der Waals surface area contributed by atoms with E-state index in [1.54, 1.807) is 24.5 Å². The van der Waals surface area contributed by atoms with Crippen molar-refractivity contribution in [3.63, 3.8) is 0 Å². The van der Waals surface area contributed by atoms with Crippen LogP contribution in [0.2, 0.25) is 0 Å². The minimum atomic E-state index is -0.0518. The molecule has 3 N–H and O–H groups in total. The fourth-order valence-electron chi connectivity index (χ4n) is 2.25. The van der Waals surface area contributed by atoms with E-state index < -0.39 is 0 Å². The van der Waals surface area contributed by atoms with Gasteiger partial charge in [-0.05, 0) is 29.8 Å². The Balaban J connectivity index is 1.79. The molecule has 0 saturated heterocycles. The highest BCUT2D eigenvalue weighted by Crippen LogP contribution is 2.22. The average Bonchev–Trinajstić information content (AvgIpc) is 2.50. The summed E-state index contributed by atoms with van der Waals surface area (Å²) in [6, 6.07) is 15.0. The summed E-state index contributed by atoms with van der Waals surface area (Å²) in [7, 11) is 0. The molecule has 1 amide bonds. The number of nitrogens with two attached hydrogens (primary N) is 1. The number of nitrogen functional groups attached to an aromatic ring is 1. The number of pyridine rings is 1. The predicted molar refractivity (Wildman–Crippen MR) is 84.9 cm³/mol. The lowest BCUT2D eigenvalue weighted by atomic mass is 10.1. The van der Waals surface area contributed by atoms with Crippen LogP contribution in [0.25, 0.3) is 10.8 Å². The number of hydrogen-bond donors (Lipinski definition) is 2. The Morgan fingerprint density at radius 3 is 2.71 bits per heavy atom. The van der Waals surface area contributed by atoms with Crippen LogP contribution < -0.4 is 11.1 Å². The number of carbonyl (C=O) groups excluding carboxylic acids is 1. The molecule has 3 aromatic rings. The van der Waals surface area contributed by atoms with Crippen LogP contribution in [0.15, 0.2) is 60.9 Å². The van der Waals surface area contributed by atoms with Crippen LogP contribution in [0.5, 0.6) is 0 Å². The van der Waals surface area contributed by atoms with E-state index in [-0.39, 0.29) is 5.91 Å². The Hall–Kier alpha value is -2.88. The Labute approximate surface area is 122 Å². The lowest BCUT2D eigenvalue weighted by molar-refractivity contribution is -0.115. The summed E-state index contributed by atoms with van der Waals surface area (Å²) in [5.41, 5.74) is 8.07. The molecule has 0 aliphatic rings. The van der Waals surface area contributed by atoms with Crippen LogP contribution >= 0.6 is 0 Å². The molecule has 2 aromatic carbocycles. The Morgan fingerprint density at radius 1 is 1.10 bits per heavy atom. The maximum atomic E-state index is 12.2. The number of anilines is 2. The van der Waals surface area contributed by atoms with Gasteiger partial charge in [0, 0.05) is 34.5 Å². The van der Waals surface area contributed by atoms with Crippen molar-refractivity contribution in [1.29, 1.82) is 0 Å². The summed E-state index contributed by atoms with van der Waals surface area (Å²) in [4.78, 5) is 16.2. The molecule has 0 radical (unpaired) electrons. The van der Waals surface area contributed by atoms with Gasteiger partial charge >= 0.3 is 0 Å². The lowest BCUT2D eigenvalue weighted by Gasteiger charge is -2.08. The number of rotatable bonds is 3. The van der Waals surface area contributed by atoms with Gasteiger partial charge in [0.15, 0.2) is 0 Å². The second-order valence-electron chi connectivity index (χ2n) is 4.87. The number of aromatic nitrogens is 1. The van der Waals surface area contributed by atoms with Crippen LogP contribution in [-0.2, 0) is 11.2 Å². The Morgan fingerprint density at radius 2 is 1.90 bits per heavy atom. The van der Waals surface area contributed by atoms with E-state index in [1.807, 2.05) is 36.4 Å². The Bertz CT molecular complexity index is 776. The second kappa shape index (κ2) is 5.63. The number of benzene rings is 2. The molecule has 21 heavy (non-hydrogen) atoms. The van der Waals surface area contributed by atoms with Crippen LogP contribution in [0, 0.1) is 0 Å². The van der Waals surface area contributed by atoms with Crippen molar-refractivity contribution in [3.8, 4) is 0 Å². The van der Waals surface area contributed by atoms with Crippen LogP contribution in [0.4, 0.5) is 11.4 Å². The second-order valence-corrected chi connectivity index (χ2v) is 4.87. The SMILES string of the molecule is Nc1ccc(CC(=O)Nc2cccc3cnccc23)cc1. The highest BCUT2D eigenvalue weighted by atomic mass is 16.1. The van der Waals surface area contributed by atoms with Crippen LogP contribution in [-0.4, -0.2) is 10.9 Å². The van der Waals surface area contributed by atoms with Gasteiger partial charge in [-0.3, -0.25) is 9.78 Å². The predicted octanol–water partition coefficient (Wildman–Crippen LogP) is 3.00. The zero-order chi connectivity index (χ0) is 14.7. The summed E-state index contributed by atoms with van der Waals surface area (Å²) in [5.74, 6) is -0.0518. The van der Waals surface area contributed by atoms with Gasteiger partial charge in [0.1, 0.15) is 0 Å². The molecular formula is C17H15N3O. The number of carbonyl (C=O) groups is 1. The molecule has 0 bridgehead atoms. The topological polar surface area (TPSA) is 68.0 Å². The van der Waals surface area contributed by atoms with E-state index in [0.717, 1.165) is 22.0 Å². The van der Waals surface area contributed by atoms with E-state index in [2.05, 4.69) is 10.3 Å². The summed E-state index contributed by atoms with van der Waals surface area (Å²) < 4.78 is 0. The molecular weight excluding hydrogens is 262 g/mol. The van der Waals surface area contributed by atoms with Crippen molar-refractivity contribution >= 4 is 28.1 Å². The number of fused-ring (bicyclic) bond motifs is 1. The minimum absolute atomic E-state index is 0.0518. The normalized spacial score (nSPS) is 10.5. The van der Waals surface area contributed by atoms with Gasteiger partial charge < -0.3 is 11.1 Å². The standard InChI is InChI=1S/C17H15N3O/c18-14-6-4-12(5-7-14)10-17(21)20-16-3-1-2-13-11-19-9-8-15(13)16/h1-9,11H,10,18H2,(H,20,21). The highest BCUT2D eigenvalue weighted by molar-refractivity contribution is 6.02. The monoisotopic (exact) mass is 277 g/mol. The number of nitrogens with zero attached hydrogens (tertiary/aromatic N) is 1. The van der Waals surface area contributed by atoms with Gasteiger partial charge in [0.25, 0.3) is 0 Å². The molecule has 4 nitrogen and oxygen atoms in total. The zero-order valence-electron chi connectivity index (χ0n) is 11.4. The average molecular weight is 277 g/mol. The maximum Gasteiger partial charge on any atom is 0.228 e. The van der Waals surface area contributed by atoms with E-state index in [9.17, 15) is 4.79 Å². The summed E-state index contributed by atoms with van der Waals surface area (Å²) in [6.07, 6.45) is 3.82. The van der Waals surface area contributed by atoms with Gasteiger partial charge in [0.05, 0.1) is 6.42 Å². The molecule has 1 heterocycles. The first kappa shape index (κ1) is 13.1. The van der Waals surface area contributed by atoms with Gasteiger partial charge in [-0.15, -0.1) is 0 Å². The molecule has 0 unspecified atom stereocenters. The van der Waals surface area contributed by atoms with Crippen molar-refractivity contribution in [2.75, 3.05) is 11.1 Å². The highest BCUT2D eigenvalue weighted by Gasteiger charge is 2.06. The quantitative estimate of drug-likeness (QED) is 0.723. The van der Waals surface area contributed by atoms with E-state index in [1.165, 1.54) is 0 Å². The molecule has 0 fully saturated rings. The van der Waals surface area contributed by atoms with Crippen molar-refractivity contribution in [3.05, 3.63) is 66.5 Å². The third-order valence-electron chi connectivity index (χ3n) is 3.30. The van der Waals surface area contributed by atoms with Crippen molar-refractivity contribution < 1.29 is 4.79 Å². The summed E-state index contributed by atoms with van der Waals surface area (Å²) in [5, 5.41) is 4.94. The molecule has 3 rings (SSSR count). The molecule has 0 saturated carbocycles. The number of hydrogen-bond acceptors (Lipinski definition) is 3. The third-order valence-corrected chi connectivity index (χ3v) is 3.30. The number of nitrogens with one attached hydrogen (secondary N) is 1. The van der Waals surface area contributed by atoms with Crippen LogP contribution in [0.1, 0.15) is 5.56 Å². The number of amides is 1. The molecule has 4 heteroatoms. The van der Waals surface area contributed by atoms with E-state index >= 15 is 0 Å². The summed E-state index contributed by atoms with van der Waals surface area (Å²) >= 11 is 0. The van der Waals surface area contributed by atoms with Gasteiger partial charge in [-0.25, -0.2) is 0 Å². The van der Waals surface area contributed by atoms with Crippen LogP contribution in [0.3, 0.4) is 0 Å². The first-order valence-corrected chi connectivity index (χ1v) is 6.69. The Kier molecular flexibility index (Phi) is 3.51. The van der Waals surface area contributed by atoms with Gasteiger partial charge in [-0.2, -0.15) is 0 Å². The van der Waals surface area contributed by atoms with Gasteiger partial charge in [-0.1, -0.05) is 24.3 Å². The first-order valence-electron chi connectivity index (χ1n) is 6.69. The van der Waals surface area contributed by atoms with Crippen molar-refractivity contribution in [1.82, 2.24) is 4.98 Å². The fraction of sp³-hybridized carbons (Fsp3) is 0.0588. The van der Waals surface area contributed by atoms with Gasteiger partial charge in [0.2, 0.25) is 5.91 Å². The van der Waals surface area contributed by atoms with Crippen molar-refractivity contribution in [2.24, 2.45) is 0 Å². The molecule has 1 aromatic heterocycles. The molecule has 0 aliphatic carbocycles. The first-order chi connectivity index (χ1) is 10.2. The smallest absolute Gasteiger partial charge is 0.228 e. The molecule has 0 atom stereocenters. The fourth-order valence-corrected chi connectivity index (χ4v) is 2.25. The lowest BCUT2D eigenvalue weighted by Crippen LogP contribution is -2.14. The minimum Gasteiger partial charge on any atom is -0.399 e. The van der Waals surface area contributed by atoms with E-state index in [0.29, 0.717) is 12.1 Å². The zero-order valence-corrected chi connectivity index (χ0v) is 11.4. The maximum absolute atomic E-state index is 12.2. The molecule has 0 aliphatic heterocycles.